The molecule has 1 saturated heterocycles. The second kappa shape index (κ2) is 6.91. The van der Waals surface area contributed by atoms with Gasteiger partial charge in [0.2, 0.25) is 11.8 Å². The predicted molar refractivity (Wildman–Crippen MR) is 80.3 cm³/mol. The molecule has 1 aliphatic heterocycles. The molecular formula is C14H17BrN2O4. The third-order valence-electron chi connectivity index (χ3n) is 3.29. The molecule has 2 N–H and O–H groups in total. The topological polar surface area (TPSA) is 76.7 Å². The maximum Gasteiger partial charge on any atom is 0.243 e. The minimum Gasteiger partial charge on any atom is -0.493 e. The molecule has 1 unspecified atom stereocenters. The number of rotatable bonds is 5. The van der Waals surface area contributed by atoms with Crippen molar-refractivity contribution in [2.75, 3.05) is 14.2 Å². The smallest absolute Gasteiger partial charge is 0.243 e. The zero-order chi connectivity index (χ0) is 15.4. The van der Waals surface area contributed by atoms with Gasteiger partial charge in [0.25, 0.3) is 0 Å². The highest BCUT2D eigenvalue weighted by Gasteiger charge is 2.25. The Morgan fingerprint density at radius 2 is 2.10 bits per heavy atom. The lowest BCUT2D eigenvalue weighted by molar-refractivity contribution is -0.134. The number of hydrogen-bond acceptors (Lipinski definition) is 5. The minimum atomic E-state index is -0.352. The lowest BCUT2D eigenvalue weighted by Crippen LogP contribution is -2.50. The van der Waals surface area contributed by atoms with Crippen LogP contribution in [0.4, 0.5) is 0 Å². The van der Waals surface area contributed by atoms with Crippen LogP contribution in [0, 0.1) is 0 Å². The summed E-state index contributed by atoms with van der Waals surface area (Å²) in [5.74, 6) is 0.756. The Kier molecular flexibility index (Phi) is 5.19. The number of carbonyl (C=O) groups is 2. The predicted octanol–water partition coefficient (Wildman–Crippen LogP) is 1.36. The summed E-state index contributed by atoms with van der Waals surface area (Å²) in [6.45, 7) is 0.491. The summed E-state index contributed by atoms with van der Waals surface area (Å²) in [5, 5.41) is 5.47. The van der Waals surface area contributed by atoms with E-state index in [1.54, 1.807) is 14.2 Å². The summed E-state index contributed by atoms with van der Waals surface area (Å²) >= 11 is 3.43. The van der Waals surface area contributed by atoms with Gasteiger partial charge in [-0.15, -0.1) is 0 Å². The summed E-state index contributed by atoms with van der Waals surface area (Å²) in [7, 11) is 3.14. The van der Waals surface area contributed by atoms with Gasteiger partial charge in [-0.1, -0.05) is 0 Å². The molecule has 0 aromatic heterocycles. The van der Waals surface area contributed by atoms with E-state index in [9.17, 15) is 9.59 Å². The fourth-order valence-corrected chi connectivity index (χ4v) is 2.85. The zero-order valence-electron chi connectivity index (χ0n) is 11.9. The summed E-state index contributed by atoms with van der Waals surface area (Å²) in [4.78, 5) is 22.8. The standard InChI is InChI=1S/C14H17BrN2O4/c1-20-11-6-8(5-9(15)13(11)21-2)7-16-10-3-4-12(18)17-14(10)19/h5-6,10,16H,3-4,7H2,1-2H3,(H,17,18,19). The number of halogens is 1. The zero-order valence-corrected chi connectivity index (χ0v) is 13.5. The number of piperidine rings is 1. The Labute approximate surface area is 131 Å². The van der Waals surface area contributed by atoms with E-state index < -0.39 is 0 Å². The van der Waals surface area contributed by atoms with E-state index in [2.05, 4.69) is 26.6 Å². The number of amides is 2. The van der Waals surface area contributed by atoms with Crippen LogP contribution in [0.5, 0.6) is 11.5 Å². The Morgan fingerprint density at radius 3 is 2.71 bits per heavy atom. The number of methoxy groups -OCH3 is 2. The number of benzene rings is 1. The van der Waals surface area contributed by atoms with Gasteiger partial charge in [-0.05, 0) is 40.0 Å². The molecular weight excluding hydrogens is 340 g/mol. The van der Waals surface area contributed by atoms with Crippen LogP contribution < -0.4 is 20.1 Å². The summed E-state index contributed by atoms with van der Waals surface area (Å²) in [6, 6.07) is 3.40. The molecule has 1 fully saturated rings. The molecule has 0 radical (unpaired) electrons. The molecule has 1 aromatic carbocycles. The van der Waals surface area contributed by atoms with Crippen molar-refractivity contribution < 1.29 is 19.1 Å². The first-order chi connectivity index (χ1) is 10.0. The van der Waals surface area contributed by atoms with Crippen molar-refractivity contribution in [2.45, 2.75) is 25.4 Å². The molecule has 6 nitrogen and oxygen atoms in total. The highest BCUT2D eigenvalue weighted by Crippen LogP contribution is 2.36. The van der Waals surface area contributed by atoms with Crippen LogP contribution in [0.25, 0.3) is 0 Å². The number of nitrogens with one attached hydrogen (secondary N) is 2. The molecule has 0 bridgehead atoms. The second-order valence-corrected chi connectivity index (χ2v) is 5.55. The fourth-order valence-electron chi connectivity index (χ4n) is 2.20. The number of carbonyl (C=O) groups excluding carboxylic acids is 2. The normalized spacial score (nSPS) is 18.3. The van der Waals surface area contributed by atoms with Gasteiger partial charge in [-0.2, -0.15) is 0 Å². The third-order valence-corrected chi connectivity index (χ3v) is 3.87. The SMILES string of the molecule is COc1cc(CNC2CCC(=O)NC2=O)cc(Br)c1OC. The largest absolute Gasteiger partial charge is 0.493 e. The molecule has 1 aromatic rings. The van der Waals surface area contributed by atoms with E-state index in [0.29, 0.717) is 30.9 Å². The van der Waals surface area contributed by atoms with Crippen LogP contribution in [0.1, 0.15) is 18.4 Å². The van der Waals surface area contributed by atoms with Gasteiger partial charge >= 0.3 is 0 Å². The highest BCUT2D eigenvalue weighted by atomic mass is 79.9. The van der Waals surface area contributed by atoms with Crippen molar-refractivity contribution in [3.8, 4) is 11.5 Å². The number of ether oxygens (including phenoxy) is 2. The van der Waals surface area contributed by atoms with Crippen LogP contribution >= 0.6 is 15.9 Å². The van der Waals surface area contributed by atoms with Gasteiger partial charge in [-0.3, -0.25) is 14.9 Å². The Hall–Kier alpha value is -1.60. The maximum atomic E-state index is 11.7. The third kappa shape index (κ3) is 3.74. The second-order valence-electron chi connectivity index (χ2n) is 4.70. The van der Waals surface area contributed by atoms with E-state index in [-0.39, 0.29) is 17.9 Å². The van der Waals surface area contributed by atoms with E-state index in [1.165, 1.54) is 0 Å². The van der Waals surface area contributed by atoms with Crippen LogP contribution in [-0.2, 0) is 16.1 Å². The molecule has 0 aliphatic carbocycles. The lowest BCUT2D eigenvalue weighted by Gasteiger charge is -2.22. The molecule has 7 heteroatoms. The average molecular weight is 357 g/mol. The highest BCUT2D eigenvalue weighted by molar-refractivity contribution is 9.10. The maximum absolute atomic E-state index is 11.7. The Bertz CT molecular complexity index is 562. The molecule has 21 heavy (non-hydrogen) atoms. The summed E-state index contributed by atoms with van der Waals surface area (Å²) in [5.41, 5.74) is 0.948. The molecule has 0 spiro atoms. The van der Waals surface area contributed by atoms with Gasteiger partial charge in [0.15, 0.2) is 11.5 Å². The van der Waals surface area contributed by atoms with Crippen molar-refractivity contribution in [3.05, 3.63) is 22.2 Å². The van der Waals surface area contributed by atoms with Gasteiger partial charge in [0, 0.05) is 13.0 Å². The van der Waals surface area contributed by atoms with E-state index in [4.69, 9.17) is 9.47 Å². The average Bonchev–Trinajstić information content (AvgIpc) is 2.45. The van der Waals surface area contributed by atoms with Crippen LogP contribution in [0.3, 0.4) is 0 Å². The van der Waals surface area contributed by atoms with Crippen molar-refractivity contribution >= 4 is 27.7 Å². The van der Waals surface area contributed by atoms with Crippen molar-refractivity contribution in [1.82, 2.24) is 10.6 Å². The molecule has 1 atom stereocenters. The molecule has 2 amide bonds. The number of imide groups is 1. The van der Waals surface area contributed by atoms with Crippen LogP contribution in [0.15, 0.2) is 16.6 Å². The summed E-state index contributed by atoms with van der Waals surface area (Å²) in [6.07, 6.45) is 0.873. The minimum absolute atomic E-state index is 0.216. The van der Waals surface area contributed by atoms with Gasteiger partial charge in [-0.25, -0.2) is 0 Å². The quantitative estimate of drug-likeness (QED) is 0.779. The van der Waals surface area contributed by atoms with Crippen molar-refractivity contribution in [2.24, 2.45) is 0 Å². The molecule has 114 valence electrons. The molecule has 2 rings (SSSR count). The van der Waals surface area contributed by atoms with Gasteiger partial charge < -0.3 is 14.8 Å². The van der Waals surface area contributed by atoms with Gasteiger partial charge in [0.1, 0.15) is 0 Å². The van der Waals surface area contributed by atoms with Gasteiger partial charge in [0.05, 0.1) is 24.7 Å². The first kappa shape index (κ1) is 15.8. The first-order valence-electron chi connectivity index (χ1n) is 6.52. The van der Waals surface area contributed by atoms with E-state index in [1.807, 2.05) is 12.1 Å². The Balaban J connectivity index is 2.05. The summed E-state index contributed by atoms with van der Waals surface area (Å²) < 4.78 is 11.3. The first-order valence-corrected chi connectivity index (χ1v) is 7.32. The van der Waals surface area contributed by atoms with E-state index in [0.717, 1.165) is 10.0 Å². The van der Waals surface area contributed by atoms with E-state index >= 15 is 0 Å². The fraction of sp³-hybridized carbons (Fsp3) is 0.429. The lowest BCUT2D eigenvalue weighted by atomic mass is 10.1. The number of hydrogen-bond donors (Lipinski definition) is 2. The molecule has 0 saturated carbocycles. The Morgan fingerprint density at radius 1 is 1.33 bits per heavy atom. The molecule has 1 aliphatic rings. The molecule has 1 heterocycles. The van der Waals surface area contributed by atoms with Crippen molar-refractivity contribution in [3.63, 3.8) is 0 Å². The van der Waals surface area contributed by atoms with Crippen LogP contribution in [-0.4, -0.2) is 32.1 Å². The van der Waals surface area contributed by atoms with Crippen LogP contribution in [0.2, 0.25) is 0 Å². The van der Waals surface area contributed by atoms with Crippen molar-refractivity contribution in [1.29, 1.82) is 0 Å². The monoisotopic (exact) mass is 356 g/mol.